The first-order chi connectivity index (χ1) is 7.13. The van der Waals surface area contributed by atoms with Gasteiger partial charge in [-0.1, -0.05) is 38.5 Å². The van der Waals surface area contributed by atoms with Crippen LogP contribution in [0.5, 0.6) is 0 Å². The van der Waals surface area contributed by atoms with Gasteiger partial charge in [-0.25, -0.2) is 9.97 Å². The standard InChI is InChI=1S/C12H16N2S/c1-4-7-12(2,3)11-14-9-6-5-8-13-10(9)15-11/h5-6,8H,4,7H2,1-3H3. The molecule has 80 valence electrons. The first-order valence-electron chi connectivity index (χ1n) is 5.35. The summed E-state index contributed by atoms with van der Waals surface area (Å²) in [5, 5.41) is 1.21. The second kappa shape index (κ2) is 3.89. The van der Waals surface area contributed by atoms with E-state index in [2.05, 4.69) is 30.7 Å². The van der Waals surface area contributed by atoms with Crippen molar-refractivity contribution in [3.63, 3.8) is 0 Å². The normalized spacial score (nSPS) is 12.2. The van der Waals surface area contributed by atoms with Crippen LogP contribution in [0.1, 0.15) is 38.6 Å². The molecule has 2 heterocycles. The molecule has 15 heavy (non-hydrogen) atoms. The van der Waals surface area contributed by atoms with Crippen LogP contribution in [0, 0.1) is 0 Å². The highest BCUT2D eigenvalue weighted by molar-refractivity contribution is 7.18. The molecule has 0 aliphatic rings. The van der Waals surface area contributed by atoms with Crippen LogP contribution in [0.4, 0.5) is 0 Å². The van der Waals surface area contributed by atoms with E-state index in [4.69, 9.17) is 0 Å². The van der Waals surface area contributed by atoms with Gasteiger partial charge in [0.25, 0.3) is 0 Å². The highest BCUT2D eigenvalue weighted by atomic mass is 32.1. The molecule has 0 bridgehead atoms. The zero-order chi connectivity index (χ0) is 10.9. The molecule has 0 aromatic carbocycles. The summed E-state index contributed by atoms with van der Waals surface area (Å²) in [6.07, 6.45) is 4.19. The molecule has 2 aromatic heterocycles. The predicted octanol–water partition coefficient (Wildman–Crippen LogP) is 3.77. The summed E-state index contributed by atoms with van der Waals surface area (Å²) in [7, 11) is 0. The maximum Gasteiger partial charge on any atom is 0.143 e. The van der Waals surface area contributed by atoms with Crippen LogP contribution in [0.3, 0.4) is 0 Å². The van der Waals surface area contributed by atoms with E-state index in [-0.39, 0.29) is 5.41 Å². The Morgan fingerprint density at radius 1 is 1.40 bits per heavy atom. The van der Waals surface area contributed by atoms with Crippen LogP contribution < -0.4 is 0 Å². The van der Waals surface area contributed by atoms with Crippen LogP contribution in [0.2, 0.25) is 0 Å². The van der Waals surface area contributed by atoms with Gasteiger partial charge in [-0.3, -0.25) is 0 Å². The number of hydrogen-bond donors (Lipinski definition) is 0. The number of rotatable bonds is 3. The zero-order valence-corrected chi connectivity index (χ0v) is 10.3. The van der Waals surface area contributed by atoms with Gasteiger partial charge in [-0.15, -0.1) is 0 Å². The molecule has 2 nitrogen and oxygen atoms in total. The Labute approximate surface area is 94.4 Å². The Kier molecular flexibility index (Phi) is 2.74. The summed E-state index contributed by atoms with van der Waals surface area (Å²) >= 11 is 1.72. The zero-order valence-electron chi connectivity index (χ0n) is 9.45. The molecule has 0 saturated carbocycles. The van der Waals surface area contributed by atoms with Crippen molar-refractivity contribution in [2.45, 2.75) is 39.0 Å². The van der Waals surface area contributed by atoms with Crippen LogP contribution in [0.25, 0.3) is 10.3 Å². The van der Waals surface area contributed by atoms with Gasteiger partial charge in [0, 0.05) is 11.6 Å². The van der Waals surface area contributed by atoms with Crippen molar-refractivity contribution in [1.29, 1.82) is 0 Å². The first kappa shape index (κ1) is 10.6. The second-order valence-electron chi connectivity index (χ2n) is 4.48. The number of pyridine rings is 1. The molecule has 0 amide bonds. The minimum absolute atomic E-state index is 0.181. The van der Waals surface area contributed by atoms with E-state index >= 15 is 0 Å². The van der Waals surface area contributed by atoms with Crippen LogP contribution >= 0.6 is 11.3 Å². The second-order valence-corrected chi connectivity index (χ2v) is 5.46. The number of nitrogens with zero attached hydrogens (tertiary/aromatic N) is 2. The smallest absolute Gasteiger partial charge is 0.143 e. The van der Waals surface area contributed by atoms with Gasteiger partial charge >= 0.3 is 0 Å². The third-order valence-corrected chi connectivity index (χ3v) is 3.97. The molecular formula is C12H16N2S. The molecule has 0 fully saturated rings. The molecule has 3 heteroatoms. The molecule has 2 rings (SSSR count). The summed E-state index contributed by atoms with van der Waals surface area (Å²) in [4.78, 5) is 10.0. The number of fused-ring (bicyclic) bond motifs is 1. The van der Waals surface area contributed by atoms with E-state index in [0.717, 1.165) is 10.3 Å². The van der Waals surface area contributed by atoms with E-state index in [1.165, 1.54) is 17.8 Å². The Bertz CT molecular complexity index is 426. The van der Waals surface area contributed by atoms with Crippen molar-refractivity contribution in [2.75, 3.05) is 0 Å². The van der Waals surface area contributed by atoms with Gasteiger partial charge in [0.05, 0.1) is 0 Å². The van der Waals surface area contributed by atoms with Crippen LogP contribution in [-0.4, -0.2) is 9.97 Å². The van der Waals surface area contributed by atoms with Gasteiger partial charge in [-0.05, 0) is 18.6 Å². The van der Waals surface area contributed by atoms with E-state index < -0.39 is 0 Å². The lowest BCUT2D eigenvalue weighted by molar-refractivity contribution is 0.471. The highest BCUT2D eigenvalue weighted by Gasteiger charge is 2.23. The monoisotopic (exact) mass is 220 g/mol. The predicted molar refractivity (Wildman–Crippen MR) is 65.3 cm³/mol. The van der Waals surface area contributed by atoms with Crippen LogP contribution in [-0.2, 0) is 5.41 Å². The molecule has 0 unspecified atom stereocenters. The van der Waals surface area contributed by atoms with Crippen LogP contribution in [0.15, 0.2) is 18.3 Å². The van der Waals surface area contributed by atoms with Crippen molar-refractivity contribution in [2.24, 2.45) is 0 Å². The molecule has 0 N–H and O–H groups in total. The lowest BCUT2D eigenvalue weighted by Gasteiger charge is -2.20. The molecule has 0 aliphatic carbocycles. The van der Waals surface area contributed by atoms with E-state index in [1.54, 1.807) is 11.3 Å². The average Bonchev–Trinajstić information content (AvgIpc) is 2.61. The largest absolute Gasteiger partial charge is 0.244 e. The molecule has 0 saturated heterocycles. The lowest BCUT2D eigenvalue weighted by Crippen LogP contribution is -2.15. The summed E-state index contributed by atoms with van der Waals surface area (Å²) in [5.41, 5.74) is 1.21. The third kappa shape index (κ3) is 2.02. The molecule has 2 aromatic rings. The topological polar surface area (TPSA) is 25.8 Å². The average molecular weight is 220 g/mol. The molecule has 0 aliphatic heterocycles. The fourth-order valence-corrected chi connectivity index (χ4v) is 2.83. The molecule has 0 spiro atoms. The quantitative estimate of drug-likeness (QED) is 0.787. The molecule has 0 radical (unpaired) electrons. The van der Waals surface area contributed by atoms with Crippen molar-refractivity contribution in [3.05, 3.63) is 23.3 Å². The summed E-state index contributed by atoms with van der Waals surface area (Å²) in [5.74, 6) is 0. The lowest BCUT2D eigenvalue weighted by atomic mass is 9.89. The number of aromatic nitrogens is 2. The Morgan fingerprint density at radius 2 is 2.20 bits per heavy atom. The van der Waals surface area contributed by atoms with E-state index in [9.17, 15) is 0 Å². The minimum Gasteiger partial charge on any atom is -0.244 e. The maximum atomic E-state index is 4.66. The van der Waals surface area contributed by atoms with E-state index in [1.807, 2.05) is 18.3 Å². The van der Waals surface area contributed by atoms with Gasteiger partial charge < -0.3 is 0 Å². The van der Waals surface area contributed by atoms with Gasteiger partial charge in [0.1, 0.15) is 15.4 Å². The van der Waals surface area contributed by atoms with Gasteiger partial charge in [-0.2, -0.15) is 0 Å². The number of hydrogen-bond acceptors (Lipinski definition) is 3. The van der Waals surface area contributed by atoms with Crippen molar-refractivity contribution in [1.82, 2.24) is 9.97 Å². The first-order valence-corrected chi connectivity index (χ1v) is 6.17. The highest BCUT2D eigenvalue weighted by Crippen LogP contribution is 2.33. The van der Waals surface area contributed by atoms with Crippen molar-refractivity contribution in [3.8, 4) is 0 Å². The Balaban J connectivity index is 2.44. The Morgan fingerprint density at radius 3 is 2.87 bits per heavy atom. The molecule has 0 atom stereocenters. The third-order valence-electron chi connectivity index (χ3n) is 2.62. The molecular weight excluding hydrogens is 204 g/mol. The maximum absolute atomic E-state index is 4.66. The van der Waals surface area contributed by atoms with Crippen molar-refractivity contribution < 1.29 is 0 Å². The fraction of sp³-hybridized carbons (Fsp3) is 0.500. The van der Waals surface area contributed by atoms with Gasteiger partial charge in [0.2, 0.25) is 0 Å². The summed E-state index contributed by atoms with van der Waals surface area (Å²) in [6, 6.07) is 3.98. The SMILES string of the molecule is CCCC(C)(C)c1nc2cccnc2s1. The fourth-order valence-electron chi connectivity index (χ4n) is 1.79. The Hall–Kier alpha value is -0.960. The minimum atomic E-state index is 0.181. The number of thiazole rings is 1. The summed E-state index contributed by atoms with van der Waals surface area (Å²) < 4.78 is 0. The van der Waals surface area contributed by atoms with E-state index in [0.29, 0.717) is 0 Å². The van der Waals surface area contributed by atoms with Crippen molar-refractivity contribution >= 4 is 21.7 Å². The van der Waals surface area contributed by atoms with Gasteiger partial charge in [0.15, 0.2) is 0 Å². The summed E-state index contributed by atoms with van der Waals surface area (Å²) in [6.45, 7) is 6.73.